The summed E-state index contributed by atoms with van der Waals surface area (Å²) in [5, 5.41) is 3.18. The number of hydrogen-bond acceptors (Lipinski definition) is 6. The molecule has 6 heteroatoms. The topological polar surface area (TPSA) is 77.5 Å². The molecule has 20 heavy (non-hydrogen) atoms. The number of aryl methyl sites for hydroxylation is 1. The van der Waals surface area contributed by atoms with E-state index in [1.807, 2.05) is 0 Å². The molecule has 2 heterocycles. The normalized spacial score (nSPS) is 13.1. The van der Waals surface area contributed by atoms with Crippen LogP contribution in [0.25, 0.3) is 0 Å². The van der Waals surface area contributed by atoms with Gasteiger partial charge in [-0.1, -0.05) is 0 Å². The van der Waals surface area contributed by atoms with E-state index >= 15 is 0 Å². The maximum atomic E-state index is 12.0. The quantitative estimate of drug-likeness (QED) is 0.846. The Morgan fingerprint density at radius 3 is 2.65 bits per heavy atom. The number of nitrogens with one attached hydrogen (secondary N) is 1. The van der Waals surface area contributed by atoms with Crippen molar-refractivity contribution in [3.8, 4) is 0 Å². The number of aromatic nitrogens is 1. The van der Waals surface area contributed by atoms with Gasteiger partial charge in [0.2, 0.25) is 0 Å². The van der Waals surface area contributed by atoms with Crippen LogP contribution in [0.5, 0.6) is 0 Å². The number of carbonyl (C=O) groups is 2. The van der Waals surface area contributed by atoms with Crippen molar-refractivity contribution in [2.24, 2.45) is 0 Å². The Morgan fingerprint density at radius 1 is 1.25 bits per heavy atom. The Hall–Kier alpha value is -2.11. The summed E-state index contributed by atoms with van der Waals surface area (Å²) < 4.78 is 9.93. The third-order valence-electron chi connectivity index (χ3n) is 2.97. The average molecular weight is 278 g/mol. The lowest BCUT2D eigenvalue weighted by Gasteiger charge is -2.19. The third kappa shape index (κ3) is 2.89. The van der Waals surface area contributed by atoms with Crippen molar-refractivity contribution in [1.29, 1.82) is 0 Å². The molecule has 0 aromatic carbocycles. The fourth-order valence-electron chi connectivity index (χ4n) is 2.09. The minimum Gasteiger partial charge on any atom is -0.462 e. The van der Waals surface area contributed by atoms with Crippen molar-refractivity contribution < 1.29 is 19.1 Å². The zero-order valence-corrected chi connectivity index (χ0v) is 11.7. The summed E-state index contributed by atoms with van der Waals surface area (Å²) >= 11 is 0. The molecule has 2 rings (SSSR count). The van der Waals surface area contributed by atoms with Gasteiger partial charge >= 0.3 is 11.9 Å². The molecule has 0 atom stereocenters. The largest absolute Gasteiger partial charge is 0.462 e. The number of esters is 2. The standard InChI is InChI=1S/C14H18N2O4/c1-3-19-13(17)9-8-11-10(6-5-7-15-11)16-12(9)14(18)20-4-2/h8,15H,3-7H2,1-2H3. The highest BCUT2D eigenvalue weighted by Crippen LogP contribution is 2.24. The number of nitrogens with zero attached hydrogens (tertiary/aromatic N) is 1. The van der Waals surface area contributed by atoms with Gasteiger partial charge in [-0.25, -0.2) is 14.6 Å². The molecule has 1 aliphatic rings. The van der Waals surface area contributed by atoms with Gasteiger partial charge in [0.1, 0.15) is 0 Å². The fourth-order valence-corrected chi connectivity index (χ4v) is 2.09. The fraction of sp³-hybridized carbons (Fsp3) is 0.500. The van der Waals surface area contributed by atoms with Crippen LogP contribution in [0.1, 0.15) is 46.8 Å². The zero-order valence-electron chi connectivity index (χ0n) is 11.7. The van der Waals surface area contributed by atoms with Crippen LogP contribution in [0.3, 0.4) is 0 Å². The van der Waals surface area contributed by atoms with Crippen LogP contribution >= 0.6 is 0 Å². The summed E-state index contributed by atoms with van der Waals surface area (Å²) in [7, 11) is 0. The Balaban J connectivity index is 2.45. The number of fused-ring (bicyclic) bond motifs is 1. The summed E-state index contributed by atoms with van der Waals surface area (Å²) in [6.45, 7) is 4.73. The summed E-state index contributed by atoms with van der Waals surface area (Å²) in [4.78, 5) is 28.2. The average Bonchev–Trinajstić information content (AvgIpc) is 2.46. The van der Waals surface area contributed by atoms with Crippen molar-refractivity contribution in [3.05, 3.63) is 23.0 Å². The minimum atomic E-state index is -0.594. The second kappa shape index (κ2) is 6.36. The molecule has 1 N–H and O–H groups in total. The first-order chi connectivity index (χ1) is 9.67. The van der Waals surface area contributed by atoms with Gasteiger partial charge in [0, 0.05) is 6.54 Å². The molecule has 0 bridgehead atoms. The Kier molecular flexibility index (Phi) is 4.55. The highest BCUT2D eigenvalue weighted by atomic mass is 16.5. The van der Waals surface area contributed by atoms with E-state index in [1.54, 1.807) is 19.9 Å². The SMILES string of the molecule is CCOC(=O)c1cc2c(nc1C(=O)OCC)CCCN2. The van der Waals surface area contributed by atoms with Crippen LogP contribution in [0, 0.1) is 0 Å². The van der Waals surface area contributed by atoms with Gasteiger partial charge in [-0.3, -0.25) is 0 Å². The van der Waals surface area contributed by atoms with E-state index in [9.17, 15) is 9.59 Å². The van der Waals surface area contributed by atoms with E-state index in [2.05, 4.69) is 10.3 Å². The monoisotopic (exact) mass is 278 g/mol. The molecule has 0 aliphatic carbocycles. The second-order valence-corrected chi connectivity index (χ2v) is 4.35. The number of anilines is 1. The van der Waals surface area contributed by atoms with Crippen molar-refractivity contribution in [2.75, 3.05) is 25.1 Å². The van der Waals surface area contributed by atoms with Crippen LogP contribution in [0.2, 0.25) is 0 Å². The number of ether oxygens (including phenoxy) is 2. The van der Waals surface area contributed by atoms with Crippen LogP contribution in [-0.4, -0.2) is 36.7 Å². The van der Waals surface area contributed by atoms with E-state index in [0.717, 1.165) is 30.8 Å². The van der Waals surface area contributed by atoms with Gasteiger partial charge in [-0.05, 0) is 32.8 Å². The minimum absolute atomic E-state index is 0.0350. The summed E-state index contributed by atoms with van der Waals surface area (Å²) in [5.41, 5.74) is 1.76. The van der Waals surface area contributed by atoms with Crippen molar-refractivity contribution >= 4 is 17.6 Å². The smallest absolute Gasteiger partial charge is 0.357 e. The highest BCUT2D eigenvalue weighted by Gasteiger charge is 2.24. The molecule has 0 saturated carbocycles. The maximum absolute atomic E-state index is 12.0. The molecule has 1 aromatic rings. The molecule has 0 spiro atoms. The molecular weight excluding hydrogens is 260 g/mol. The van der Waals surface area contributed by atoms with Gasteiger partial charge in [0.05, 0.1) is 30.2 Å². The van der Waals surface area contributed by atoms with Crippen LogP contribution in [0.15, 0.2) is 6.07 Å². The summed E-state index contributed by atoms with van der Waals surface area (Å²) in [6, 6.07) is 1.63. The number of pyridine rings is 1. The van der Waals surface area contributed by atoms with Crippen molar-refractivity contribution in [3.63, 3.8) is 0 Å². The molecule has 1 aromatic heterocycles. The predicted molar refractivity (Wildman–Crippen MR) is 73.0 cm³/mol. The van der Waals surface area contributed by atoms with Crippen molar-refractivity contribution in [1.82, 2.24) is 4.98 Å². The Bertz CT molecular complexity index is 481. The van der Waals surface area contributed by atoms with E-state index < -0.39 is 11.9 Å². The van der Waals surface area contributed by atoms with Crippen LogP contribution in [0.4, 0.5) is 5.69 Å². The molecule has 0 amide bonds. The van der Waals surface area contributed by atoms with Gasteiger partial charge in [0.15, 0.2) is 5.69 Å². The molecule has 0 radical (unpaired) electrons. The lowest BCUT2D eigenvalue weighted by Crippen LogP contribution is -2.21. The van der Waals surface area contributed by atoms with Gasteiger partial charge in [-0.2, -0.15) is 0 Å². The van der Waals surface area contributed by atoms with E-state index in [-0.39, 0.29) is 24.5 Å². The molecule has 0 fully saturated rings. The van der Waals surface area contributed by atoms with Crippen LogP contribution < -0.4 is 5.32 Å². The number of rotatable bonds is 4. The molecule has 108 valence electrons. The first kappa shape index (κ1) is 14.3. The summed E-state index contributed by atoms with van der Waals surface area (Å²) in [5.74, 6) is -1.15. The maximum Gasteiger partial charge on any atom is 0.357 e. The second-order valence-electron chi connectivity index (χ2n) is 4.35. The zero-order chi connectivity index (χ0) is 14.5. The van der Waals surface area contributed by atoms with E-state index in [0.29, 0.717) is 0 Å². The summed E-state index contributed by atoms with van der Waals surface area (Å²) in [6.07, 6.45) is 1.72. The molecule has 0 saturated heterocycles. The highest BCUT2D eigenvalue weighted by molar-refractivity contribution is 6.02. The van der Waals surface area contributed by atoms with Crippen LogP contribution in [-0.2, 0) is 15.9 Å². The van der Waals surface area contributed by atoms with E-state index in [1.165, 1.54) is 0 Å². The van der Waals surface area contributed by atoms with Crippen molar-refractivity contribution in [2.45, 2.75) is 26.7 Å². The molecular formula is C14H18N2O4. The van der Waals surface area contributed by atoms with Gasteiger partial charge in [0.25, 0.3) is 0 Å². The predicted octanol–water partition coefficient (Wildman–Crippen LogP) is 1.79. The lowest BCUT2D eigenvalue weighted by atomic mass is 10.1. The number of carbonyl (C=O) groups excluding carboxylic acids is 2. The third-order valence-corrected chi connectivity index (χ3v) is 2.97. The Morgan fingerprint density at radius 2 is 1.95 bits per heavy atom. The molecule has 6 nitrogen and oxygen atoms in total. The molecule has 1 aliphatic heterocycles. The number of hydrogen-bond donors (Lipinski definition) is 1. The van der Waals surface area contributed by atoms with Gasteiger partial charge in [-0.15, -0.1) is 0 Å². The van der Waals surface area contributed by atoms with Gasteiger partial charge < -0.3 is 14.8 Å². The van der Waals surface area contributed by atoms with E-state index in [4.69, 9.17) is 9.47 Å². The lowest BCUT2D eigenvalue weighted by molar-refractivity contribution is 0.0473. The first-order valence-corrected chi connectivity index (χ1v) is 6.79. The first-order valence-electron chi connectivity index (χ1n) is 6.79. The molecule has 0 unspecified atom stereocenters. The Labute approximate surface area is 117 Å².